The molecule has 7 nitrogen and oxygen atoms in total. The van der Waals surface area contributed by atoms with Crippen molar-refractivity contribution < 1.29 is 8.98 Å². The Hall–Kier alpha value is -4.13. The number of aromatic nitrogens is 6. The monoisotopic (exact) mass is 519 g/mol. The molecule has 4 aromatic heterocycles. The van der Waals surface area contributed by atoms with E-state index < -0.39 is 0 Å². The molecule has 0 unspecified atom stereocenters. The summed E-state index contributed by atoms with van der Waals surface area (Å²) in [4.78, 5) is 19.4. The number of para-hydroxylation sites is 2. The van der Waals surface area contributed by atoms with Crippen LogP contribution >= 0.6 is 0 Å². The van der Waals surface area contributed by atoms with Gasteiger partial charge in [-0.25, -0.2) is 29.1 Å². The van der Waals surface area contributed by atoms with Gasteiger partial charge in [0.15, 0.2) is 22.4 Å². The number of fused-ring (bicyclic) bond motifs is 4. The average molecular weight is 520 g/mol. The first-order valence-electron chi connectivity index (χ1n) is 13.4. The summed E-state index contributed by atoms with van der Waals surface area (Å²) in [5, 5.41) is 2.01. The second kappa shape index (κ2) is 8.43. The molecule has 0 aliphatic carbocycles. The minimum absolute atomic E-state index is 0.221. The topological polar surface area (TPSA) is 73.5 Å². The van der Waals surface area contributed by atoms with Gasteiger partial charge in [0.25, 0.3) is 5.82 Å². The highest BCUT2D eigenvalue weighted by Crippen LogP contribution is 2.38. The standard InChI is InChI=1S/C32H35N6O/c1-18-14-15-19-20-16-17-21(26-34-29(31(2,3)4)36-30(35-26)32(5,6)7)33-27(20)39-25(19)24(18)28-37(8)22-12-10-11-13-23(22)38(28)9/h10-17H,1-9H3/q+1. The molecule has 0 atom stereocenters. The van der Waals surface area contributed by atoms with E-state index in [1.807, 2.05) is 6.07 Å². The number of hydrogen-bond donors (Lipinski definition) is 0. The average Bonchev–Trinajstić information content (AvgIpc) is 3.37. The quantitative estimate of drug-likeness (QED) is 0.238. The van der Waals surface area contributed by atoms with Crippen LogP contribution in [0.15, 0.2) is 52.9 Å². The summed E-state index contributed by atoms with van der Waals surface area (Å²) in [5.41, 5.74) is 6.19. The van der Waals surface area contributed by atoms with E-state index in [4.69, 9.17) is 24.4 Å². The fourth-order valence-corrected chi connectivity index (χ4v) is 5.20. The second-order valence-electron chi connectivity index (χ2n) is 12.5. The molecule has 0 N–H and O–H groups in total. The van der Waals surface area contributed by atoms with Crippen molar-refractivity contribution in [2.45, 2.75) is 59.3 Å². The van der Waals surface area contributed by atoms with E-state index in [2.05, 4.69) is 114 Å². The van der Waals surface area contributed by atoms with Crippen molar-refractivity contribution >= 4 is 33.1 Å². The molecule has 0 saturated heterocycles. The van der Waals surface area contributed by atoms with Crippen LogP contribution in [-0.4, -0.2) is 24.5 Å². The van der Waals surface area contributed by atoms with Gasteiger partial charge in [0, 0.05) is 21.6 Å². The number of aryl methyl sites for hydroxylation is 3. The van der Waals surface area contributed by atoms with E-state index in [0.29, 0.717) is 17.2 Å². The van der Waals surface area contributed by atoms with Gasteiger partial charge in [-0.15, -0.1) is 0 Å². The van der Waals surface area contributed by atoms with Gasteiger partial charge in [-0.2, -0.15) is 0 Å². The molecule has 0 bridgehead atoms. The van der Waals surface area contributed by atoms with Gasteiger partial charge in [0.2, 0.25) is 5.71 Å². The Labute approximate surface area is 228 Å². The number of pyridine rings is 1. The smallest absolute Gasteiger partial charge is 0.293 e. The van der Waals surface area contributed by atoms with Crippen molar-refractivity contribution in [3.05, 3.63) is 65.7 Å². The second-order valence-corrected chi connectivity index (χ2v) is 12.5. The molecular weight excluding hydrogens is 484 g/mol. The predicted molar refractivity (Wildman–Crippen MR) is 156 cm³/mol. The summed E-state index contributed by atoms with van der Waals surface area (Å²) in [7, 11) is 4.21. The predicted octanol–water partition coefficient (Wildman–Crippen LogP) is 6.72. The van der Waals surface area contributed by atoms with Crippen LogP contribution in [0.25, 0.3) is 56.0 Å². The van der Waals surface area contributed by atoms with Crippen LogP contribution in [-0.2, 0) is 24.9 Å². The lowest BCUT2D eigenvalue weighted by Crippen LogP contribution is -2.30. The van der Waals surface area contributed by atoms with E-state index in [1.165, 1.54) is 11.0 Å². The van der Waals surface area contributed by atoms with E-state index in [1.54, 1.807) is 0 Å². The van der Waals surface area contributed by atoms with Crippen molar-refractivity contribution in [3.8, 4) is 22.9 Å². The minimum atomic E-state index is -0.221. The van der Waals surface area contributed by atoms with Crippen LogP contribution in [0.3, 0.4) is 0 Å². The van der Waals surface area contributed by atoms with Crippen LogP contribution in [0.4, 0.5) is 0 Å². The third kappa shape index (κ3) is 3.99. The molecule has 0 fully saturated rings. The summed E-state index contributed by atoms with van der Waals surface area (Å²) in [6.07, 6.45) is 0. The molecule has 6 rings (SSSR count). The Kier molecular flexibility index (Phi) is 5.44. The zero-order valence-electron chi connectivity index (χ0n) is 24.2. The van der Waals surface area contributed by atoms with Crippen molar-refractivity contribution in [1.82, 2.24) is 24.5 Å². The van der Waals surface area contributed by atoms with E-state index in [-0.39, 0.29) is 10.8 Å². The van der Waals surface area contributed by atoms with Gasteiger partial charge in [-0.1, -0.05) is 65.8 Å². The molecule has 39 heavy (non-hydrogen) atoms. The summed E-state index contributed by atoms with van der Waals surface area (Å²) in [6, 6.07) is 16.8. The number of rotatable bonds is 2. The van der Waals surface area contributed by atoms with E-state index in [0.717, 1.165) is 45.0 Å². The zero-order valence-corrected chi connectivity index (χ0v) is 24.2. The maximum atomic E-state index is 6.57. The van der Waals surface area contributed by atoms with Crippen molar-refractivity contribution in [3.63, 3.8) is 0 Å². The van der Waals surface area contributed by atoms with Gasteiger partial charge in [-0.05, 0) is 36.8 Å². The lowest BCUT2D eigenvalue weighted by Gasteiger charge is -2.22. The Morgan fingerprint density at radius 3 is 2.05 bits per heavy atom. The summed E-state index contributed by atoms with van der Waals surface area (Å²) in [5.74, 6) is 3.16. The van der Waals surface area contributed by atoms with Crippen LogP contribution in [0.5, 0.6) is 0 Å². The molecule has 7 heteroatoms. The summed E-state index contributed by atoms with van der Waals surface area (Å²) in [6.45, 7) is 14.8. The van der Waals surface area contributed by atoms with Gasteiger partial charge in [0.1, 0.15) is 22.9 Å². The van der Waals surface area contributed by atoms with Gasteiger partial charge < -0.3 is 4.42 Å². The molecule has 0 aliphatic rings. The van der Waals surface area contributed by atoms with E-state index >= 15 is 0 Å². The maximum absolute atomic E-state index is 6.57. The third-order valence-corrected chi connectivity index (χ3v) is 7.38. The van der Waals surface area contributed by atoms with Crippen LogP contribution in [0.1, 0.15) is 58.8 Å². The molecule has 198 valence electrons. The Bertz CT molecular complexity index is 1840. The van der Waals surface area contributed by atoms with Crippen LogP contribution in [0.2, 0.25) is 0 Å². The van der Waals surface area contributed by atoms with Gasteiger partial charge in [0.05, 0.1) is 14.1 Å². The minimum Gasteiger partial charge on any atom is -0.437 e. The third-order valence-electron chi connectivity index (χ3n) is 7.38. The zero-order chi connectivity index (χ0) is 27.9. The van der Waals surface area contributed by atoms with Crippen molar-refractivity contribution in [2.75, 3.05) is 0 Å². The number of hydrogen-bond acceptors (Lipinski definition) is 5. The molecule has 0 amide bonds. The number of nitrogens with zero attached hydrogens (tertiary/aromatic N) is 6. The molecular formula is C32H35N6O+. The highest BCUT2D eigenvalue weighted by atomic mass is 16.3. The normalized spacial score (nSPS) is 12.7. The Morgan fingerprint density at radius 2 is 1.41 bits per heavy atom. The molecule has 0 aliphatic heterocycles. The van der Waals surface area contributed by atoms with Crippen molar-refractivity contribution in [2.24, 2.45) is 14.1 Å². The van der Waals surface area contributed by atoms with Crippen molar-refractivity contribution in [1.29, 1.82) is 0 Å². The molecule has 0 spiro atoms. The molecule has 0 radical (unpaired) electrons. The molecule has 0 saturated carbocycles. The van der Waals surface area contributed by atoms with Gasteiger partial charge in [-0.3, -0.25) is 0 Å². The Morgan fingerprint density at radius 1 is 0.769 bits per heavy atom. The highest BCUT2D eigenvalue weighted by Gasteiger charge is 2.29. The number of benzene rings is 2. The first-order chi connectivity index (χ1) is 18.3. The highest BCUT2D eigenvalue weighted by molar-refractivity contribution is 6.09. The number of furan rings is 1. The molecule has 2 aromatic carbocycles. The maximum Gasteiger partial charge on any atom is 0.293 e. The largest absolute Gasteiger partial charge is 0.437 e. The summed E-state index contributed by atoms with van der Waals surface area (Å²) >= 11 is 0. The molecule has 4 heterocycles. The lowest BCUT2D eigenvalue weighted by molar-refractivity contribution is -0.634. The lowest BCUT2D eigenvalue weighted by atomic mass is 9.93. The van der Waals surface area contributed by atoms with E-state index in [9.17, 15) is 0 Å². The van der Waals surface area contributed by atoms with Gasteiger partial charge >= 0.3 is 0 Å². The van der Waals surface area contributed by atoms with Crippen LogP contribution < -0.4 is 4.57 Å². The number of imidazole rings is 1. The first-order valence-corrected chi connectivity index (χ1v) is 13.4. The summed E-state index contributed by atoms with van der Waals surface area (Å²) < 4.78 is 11.0. The molecule has 6 aromatic rings. The first kappa shape index (κ1) is 25.2. The fraction of sp³-hybridized carbons (Fsp3) is 0.344. The Balaban J connectivity index is 1.59. The SMILES string of the molecule is Cc1ccc2c(oc3nc(-c4nc(C(C)(C)C)nc(C(C)(C)C)n4)ccc32)c1-c1n(C)c2ccccc2[n+]1C. The van der Waals surface area contributed by atoms with Crippen LogP contribution in [0, 0.1) is 6.92 Å². The fourth-order valence-electron chi connectivity index (χ4n) is 5.20.